The molecule has 0 aliphatic carbocycles. The molecule has 10 heteroatoms. The number of hydrogen-bond donors (Lipinski definition) is 0. The molecule has 0 atom stereocenters. The minimum absolute atomic E-state index is 0.481. The minimum atomic E-state index is -4.69. The van der Waals surface area contributed by atoms with Gasteiger partial charge in [0.1, 0.15) is 0 Å². The zero-order chi connectivity index (χ0) is 18.2. The van der Waals surface area contributed by atoms with Gasteiger partial charge >= 0.3 is 12.1 Å². The number of carbonyl (C=O) groups excluding carboxylic acids is 1. The molecule has 0 saturated heterocycles. The van der Waals surface area contributed by atoms with Crippen molar-refractivity contribution in [1.82, 2.24) is 0 Å². The summed E-state index contributed by atoms with van der Waals surface area (Å²) in [6.07, 6.45) is -4.69. The second kappa shape index (κ2) is 6.10. The van der Waals surface area contributed by atoms with Gasteiger partial charge in [-0.05, 0) is 24.3 Å². The van der Waals surface area contributed by atoms with Crippen LogP contribution in [0.4, 0.5) is 35.1 Å². The third-order valence-corrected chi connectivity index (χ3v) is 2.81. The zero-order valence-electron chi connectivity index (χ0n) is 11.1. The number of esters is 1. The fraction of sp³-hybridized carbons (Fsp3) is 0.0714. The Morgan fingerprint density at radius 2 is 1.17 bits per heavy atom. The van der Waals surface area contributed by atoms with Crippen LogP contribution in [0, 0.1) is 29.1 Å². The van der Waals surface area contributed by atoms with E-state index in [2.05, 4.69) is 4.74 Å². The third-order valence-electron chi connectivity index (χ3n) is 2.81. The van der Waals surface area contributed by atoms with Crippen LogP contribution in [-0.4, -0.2) is 5.97 Å². The van der Waals surface area contributed by atoms with Gasteiger partial charge in [0.05, 0.1) is 11.1 Å². The first kappa shape index (κ1) is 17.7. The van der Waals surface area contributed by atoms with Gasteiger partial charge in [-0.3, -0.25) is 0 Å². The molecule has 0 saturated carbocycles. The van der Waals surface area contributed by atoms with E-state index >= 15 is 0 Å². The van der Waals surface area contributed by atoms with E-state index in [1.165, 1.54) is 0 Å². The van der Waals surface area contributed by atoms with Crippen LogP contribution in [0.15, 0.2) is 24.3 Å². The Morgan fingerprint density at radius 1 is 0.750 bits per heavy atom. The number of ether oxygens (including phenoxy) is 1. The summed E-state index contributed by atoms with van der Waals surface area (Å²) in [7, 11) is 0. The molecule has 0 radical (unpaired) electrons. The van der Waals surface area contributed by atoms with E-state index in [1.807, 2.05) is 0 Å². The van der Waals surface area contributed by atoms with E-state index in [4.69, 9.17) is 0 Å². The van der Waals surface area contributed by atoms with Crippen molar-refractivity contribution in [2.75, 3.05) is 0 Å². The maximum atomic E-state index is 13.4. The van der Waals surface area contributed by atoms with Gasteiger partial charge in [0.25, 0.3) is 0 Å². The standard InChI is InChI=1S/C14H4F8O2/c15-7-8(16)10(18)12(11(19)9(7)17)24-13(23)5-1-3-6(4-2-5)14(20,21)22/h1-4H. The van der Waals surface area contributed by atoms with Crippen molar-refractivity contribution in [3.8, 4) is 5.75 Å². The SMILES string of the molecule is O=C(Oc1c(F)c(F)c(F)c(F)c1F)c1ccc(C(F)(F)F)cc1. The molecule has 0 aromatic heterocycles. The molecular weight excluding hydrogens is 352 g/mol. The molecule has 128 valence electrons. The van der Waals surface area contributed by atoms with Crippen molar-refractivity contribution < 1.29 is 44.7 Å². The Hall–Kier alpha value is -2.65. The topological polar surface area (TPSA) is 26.3 Å². The molecule has 2 aromatic carbocycles. The van der Waals surface area contributed by atoms with Gasteiger partial charge in [-0.25, -0.2) is 18.0 Å². The molecule has 2 rings (SSSR count). The predicted molar refractivity (Wildman–Crippen MR) is 62.6 cm³/mol. The highest BCUT2D eigenvalue weighted by Gasteiger charge is 2.31. The maximum absolute atomic E-state index is 13.4. The number of benzene rings is 2. The Kier molecular flexibility index (Phi) is 4.50. The Morgan fingerprint density at radius 3 is 1.58 bits per heavy atom. The molecule has 0 unspecified atom stereocenters. The first-order chi connectivity index (χ1) is 11.0. The molecule has 0 aliphatic heterocycles. The van der Waals surface area contributed by atoms with Crippen molar-refractivity contribution in [3.63, 3.8) is 0 Å². The molecule has 0 fully saturated rings. The minimum Gasteiger partial charge on any atom is -0.416 e. The maximum Gasteiger partial charge on any atom is 0.416 e. The summed E-state index contributed by atoms with van der Waals surface area (Å²) < 4.78 is 107. The van der Waals surface area contributed by atoms with E-state index in [0.29, 0.717) is 24.3 Å². The molecule has 0 aliphatic rings. The molecule has 2 aromatic rings. The molecule has 24 heavy (non-hydrogen) atoms. The lowest BCUT2D eigenvalue weighted by molar-refractivity contribution is -0.137. The van der Waals surface area contributed by atoms with Gasteiger partial charge in [0, 0.05) is 0 Å². The van der Waals surface area contributed by atoms with E-state index in [-0.39, 0.29) is 0 Å². The van der Waals surface area contributed by atoms with Crippen LogP contribution >= 0.6 is 0 Å². The van der Waals surface area contributed by atoms with Crippen molar-refractivity contribution >= 4 is 5.97 Å². The Balaban J connectivity index is 2.34. The Bertz CT molecular complexity index is 767. The van der Waals surface area contributed by atoms with Crippen LogP contribution < -0.4 is 4.74 Å². The van der Waals surface area contributed by atoms with Crippen molar-refractivity contribution in [1.29, 1.82) is 0 Å². The van der Waals surface area contributed by atoms with Crippen molar-refractivity contribution in [2.45, 2.75) is 6.18 Å². The number of alkyl halides is 3. The first-order valence-electron chi connectivity index (χ1n) is 5.95. The summed E-state index contributed by atoms with van der Waals surface area (Å²) in [4.78, 5) is 11.6. The normalized spacial score (nSPS) is 11.5. The van der Waals surface area contributed by atoms with Gasteiger partial charge < -0.3 is 4.74 Å². The highest BCUT2D eigenvalue weighted by Crippen LogP contribution is 2.31. The summed E-state index contributed by atoms with van der Waals surface area (Å²) in [5, 5.41) is 0. The van der Waals surface area contributed by atoms with E-state index in [9.17, 15) is 39.9 Å². The largest absolute Gasteiger partial charge is 0.416 e. The van der Waals surface area contributed by atoms with Crippen molar-refractivity contribution in [3.05, 3.63) is 64.5 Å². The number of halogens is 8. The fourth-order valence-corrected chi connectivity index (χ4v) is 1.62. The van der Waals surface area contributed by atoms with Crippen LogP contribution in [0.5, 0.6) is 5.75 Å². The summed E-state index contributed by atoms with van der Waals surface area (Å²) >= 11 is 0. The highest BCUT2D eigenvalue weighted by molar-refractivity contribution is 5.91. The molecule has 0 N–H and O–H groups in total. The van der Waals surface area contributed by atoms with E-state index in [1.54, 1.807) is 0 Å². The quantitative estimate of drug-likeness (QED) is 0.258. The lowest BCUT2D eigenvalue weighted by Crippen LogP contribution is -2.14. The molecular formula is C14H4F8O2. The highest BCUT2D eigenvalue weighted by atomic mass is 19.4. The Labute approximate surface area is 128 Å². The first-order valence-corrected chi connectivity index (χ1v) is 5.95. The monoisotopic (exact) mass is 356 g/mol. The van der Waals surface area contributed by atoms with Gasteiger partial charge in [0.15, 0.2) is 0 Å². The van der Waals surface area contributed by atoms with E-state index in [0.717, 1.165) is 0 Å². The average Bonchev–Trinajstić information content (AvgIpc) is 2.54. The predicted octanol–water partition coefficient (Wildman–Crippen LogP) is 4.62. The van der Waals surface area contributed by atoms with Crippen LogP contribution in [0.2, 0.25) is 0 Å². The van der Waals surface area contributed by atoms with Gasteiger partial charge in [-0.1, -0.05) is 0 Å². The van der Waals surface area contributed by atoms with Crippen molar-refractivity contribution in [2.24, 2.45) is 0 Å². The van der Waals surface area contributed by atoms with Crippen LogP contribution in [0.1, 0.15) is 15.9 Å². The van der Waals surface area contributed by atoms with Crippen LogP contribution in [0.25, 0.3) is 0 Å². The molecule has 2 nitrogen and oxygen atoms in total. The third kappa shape index (κ3) is 3.17. The second-order valence-corrected chi connectivity index (χ2v) is 4.36. The number of hydrogen-bond acceptors (Lipinski definition) is 2. The molecule has 0 bridgehead atoms. The van der Waals surface area contributed by atoms with Crippen LogP contribution in [0.3, 0.4) is 0 Å². The zero-order valence-corrected chi connectivity index (χ0v) is 11.1. The van der Waals surface area contributed by atoms with E-state index < -0.39 is 58.1 Å². The molecule has 0 amide bonds. The number of carbonyl (C=O) groups is 1. The summed E-state index contributed by atoms with van der Waals surface area (Å²) in [6.45, 7) is 0. The lowest BCUT2D eigenvalue weighted by Gasteiger charge is -2.10. The molecule has 0 heterocycles. The summed E-state index contributed by atoms with van der Waals surface area (Å²) in [5.74, 6) is -15.3. The molecule has 0 spiro atoms. The van der Waals surface area contributed by atoms with Gasteiger partial charge in [-0.2, -0.15) is 22.0 Å². The average molecular weight is 356 g/mol. The second-order valence-electron chi connectivity index (χ2n) is 4.36. The summed E-state index contributed by atoms with van der Waals surface area (Å²) in [5.41, 5.74) is -1.71. The number of rotatable bonds is 2. The lowest BCUT2D eigenvalue weighted by atomic mass is 10.1. The van der Waals surface area contributed by atoms with Gasteiger partial charge in [-0.15, -0.1) is 0 Å². The van der Waals surface area contributed by atoms with Gasteiger partial charge in [0.2, 0.25) is 34.8 Å². The van der Waals surface area contributed by atoms with Crippen LogP contribution in [-0.2, 0) is 6.18 Å². The smallest absolute Gasteiger partial charge is 0.416 e. The fourth-order valence-electron chi connectivity index (χ4n) is 1.62. The summed E-state index contributed by atoms with van der Waals surface area (Å²) in [6, 6.07) is 2.21.